The zero-order chi connectivity index (χ0) is 4.28. The molecule has 0 bridgehead atoms. The molecule has 0 aliphatic rings. The van der Waals surface area contributed by atoms with Gasteiger partial charge < -0.3 is 0 Å². The monoisotopic (exact) mass is 428 g/mol. The molecule has 34 valence electrons. The van der Waals surface area contributed by atoms with Crippen molar-refractivity contribution in [3.05, 3.63) is 0 Å². The summed E-state index contributed by atoms with van der Waals surface area (Å²) >= 11 is 4.68. The molecular weight excluding hydrogens is 424 g/mol. The molecule has 0 aromatic rings. The molecule has 0 aliphatic heterocycles. The third-order valence-electron chi connectivity index (χ3n) is 0.117. The summed E-state index contributed by atoms with van der Waals surface area (Å²) in [6.45, 7) is 0. The molecule has 0 aromatic carbocycles. The van der Waals surface area contributed by atoms with Crippen molar-refractivity contribution in [1.29, 1.82) is 0 Å². The Morgan fingerprint density at radius 1 is 1.60 bits per heavy atom. The first-order valence-corrected chi connectivity index (χ1v) is 15.9. The standard InChI is InChI=1S/CH4I3P/c2-4(3)1-5/h1,5H2. The van der Waals surface area contributed by atoms with Crippen molar-refractivity contribution < 1.29 is 0 Å². The molecule has 0 aromatic heterocycles. The van der Waals surface area contributed by atoms with Gasteiger partial charge in [-0.3, -0.25) is 0 Å². The van der Waals surface area contributed by atoms with Crippen LogP contribution in [-0.4, -0.2) is 4.17 Å². The third kappa shape index (κ3) is 6.62. The van der Waals surface area contributed by atoms with E-state index in [1.807, 2.05) is 0 Å². The fourth-order valence-corrected chi connectivity index (χ4v) is 0. The van der Waals surface area contributed by atoms with Gasteiger partial charge in [-0.05, 0) is 0 Å². The fraction of sp³-hybridized carbons (Fsp3) is 1.00. The van der Waals surface area contributed by atoms with Gasteiger partial charge in [0.2, 0.25) is 0 Å². The number of halogens is 3. The van der Waals surface area contributed by atoms with Gasteiger partial charge >= 0.3 is 62.5 Å². The Labute approximate surface area is 61.2 Å². The van der Waals surface area contributed by atoms with E-state index in [9.17, 15) is 0 Å². The first-order valence-electron chi connectivity index (χ1n) is 0.961. The first-order chi connectivity index (χ1) is 2.27. The molecule has 0 aliphatic carbocycles. The molecule has 4 heteroatoms. The maximum absolute atomic E-state index is 2.75. The SMILES string of the molecule is PCI(I)I. The van der Waals surface area contributed by atoms with Crippen molar-refractivity contribution in [2.45, 2.75) is 0 Å². The molecule has 1 atom stereocenters. The van der Waals surface area contributed by atoms with E-state index >= 15 is 0 Å². The van der Waals surface area contributed by atoms with Gasteiger partial charge in [0.25, 0.3) is 0 Å². The summed E-state index contributed by atoms with van der Waals surface area (Å²) in [7, 11) is 2.75. The van der Waals surface area contributed by atoms with Crippen LogP contribution in [0.5, 0.6) is 0 Å². The average Bonchev–Trinajstić information content (AvgIpc) is 1.38. The van der Waals surface area contributed by atoms with Crippen LogP contribution < -0.4 is 0 Å². The molecule has 1 unspecified atom stereocenters. The summed E-state index contributed by atoms with van der Waals surface area (Å²) < 4.78 is 1.35. The van der Waals surface area contributed by atoms with Gasteiger partial charge in [-0.25, -0.2) is 0 Å². The van der Waals surface area contributed by atoms with Gasteiger partial charge in [0, 0.05) is 0 Å². The summed E-state index contributed by atoms with van der Waals surface area (Å²) in [5, 5.41) is 0. The van der Waals surface area contributed by atoms with E-state index in [0.29, 0.717) is 0 Å². The van der Waals surface area contributed by atoms with Crippen LogP contribution in [-0.2, 0) is 0 Å². The molecule has 5 heavy (non-hydrogen) atoms. The van der Waals surface area contributed by atoms with E-state index < -0.39 is 0 Å². The number of alkyl halides is 1. The molecule has 0 saturated heterocycles. The Morgan fingerprint density at radius 3 is 1.80 bits per heavy atom. The molecule has 0 spiro atoms. The summed E-state index contributed by atoms with van der Waals surface area (Å²) in [5.41, 5.74) is 0. The van der Waals surface area contributed by atoms with E-state index in [-0.39, 0.29) is 11.9 Å². The second-order valence-corrected chi connectivity index (χ2v) is 28.5. The normalized spacial score (nSPS) is 11.4. The quantitative estimate of drug-likeness (QED) is 0.343. The van der Waals surface area contributed by atoms with Crippen LogP contribution in [0.15, 0.2) is 0 Å². The predicted molar refractivity (Wildman–Crippen MR) is 56.6 cm³/mol. The average molecular weight is 428 g/mol. The van der Waals surface area contributed by atoms with E-state index in [4.69, 9.17) is 0 Å². The van der Waals surface area contributed by atoms with Gasteiger partial charge in [-0.1, -0.05) is 0 Å². The Kier molecular flexibility index (Phi) is 7.27. The van der Waals surface area contributed by atoms with Gasteiger partial charge in [-0.15, -0.1) is 0 Å². The van der Waals surface area contributed by atoms with Crippen molar-refractivity contribution in [3.8, 4) is 0 Å². The maximum atomic E-state index is 2.75. The molecule has 0 amide bonds. The minimum absolute atomic E-state index is 0.379. The van der Waals surface area contributed by atoms with Crippen LogP contribution in [0.25, 0.3) is 0 Å². The number of hydrogen-bond donors (Lipinski definition) is 0. The number of hydrogen-bond acceptors (Lipinski definition) is 0. The topological polar surface area (TPSA) is 0 Å². The van der Waals surface area contributed by atoms with Crippen molar-refractivity contribution in [1.82, 2.24) is 0 Å². The molecular formula is CH4I3P. The van der Waals surface area contributed by atoms with E-state index in [2.05, 4.69) is 46.5 Å². The molecule has 0 radical (unpaired) electrons. The zero-order valence-corrected chi connectivity index (χ0v) is 10.0. The second-order valence-electron chi connectivity index (χ2n) is 0.410. The third-order valence-corrected chi connectivity index (χ3v) is 15.7. The predicted octanol–water partition coefficient (Wildman–Crippen LogP) is 3.03. The van der Waals surface area contributed by atoms with Crippen molar-refractivity contribution in [3.63, 3.8) is 0 Å². The summed E-state index contributed by atoms with van der Waals surface area (Å²) in [4.78, 5) is 0. The van der Waals surface area contributed by atoms with Gasteiger partial charge in [0.1, 0.15) is 0 Å². The minimum atomic E-state index is -0.379. The second kappa shape index (κ2) is 4.77. The van der Waals surface area contributed by atoms with E-state index in [0.717, 1.165) is 0 Å². The van der Waals surface area contributed by atoms with Crippen LogP contribution in [0, 0.1) is 0 Å². The Bertz CT molecular complexity index is 20.9. The number of rotatable bonds is 1. The first kappa shape index (κ1) is 7.62. The van der Waals surface area contributed by atoms with Crippen LogP contribution >= 0.6 is 58.3 Å². The van der Waals surface area contributed by atoms with Crippen molar-refractivity contribution in [2.24, 2.45) is 0 Å². The summed E-state index contributed by atoms with van der Waals surface area (Å²) in [6.07, 6.45) is 0. The Balaban J connectivity index is 2.54. The molecule has 0 fully saturated rings. The Hall–Kier alpha value is 2.62. The van der Waals surface area contributed by atoms with Crippen LogP contribution in [0.2, 0.25) is 0 Å². The molecule has 0 heterocycles. The molecule has 0 saturated carbocycles. The van der Waals surface area contributed by atoms with Gasteiger partial charge in [0.15, 0.2) is 0 Å². The fourth-order valence-electron chi connectivity index (χ4n) is 0. The van der Waals surface area contributed by atoms with E-state index in [1.54, 1.807) is 0 Å². The molecule has 0 rings (SSSR count). The van der Waals surface area contributed by atoms with Crippen LogP contribution in [0.1, 0.15) is 0 Å². The summed E-state index contributed by atoms with van der Waals surface area (Å²) in [6, 6.07) is 0. The van der Waals surface area contributed by atoms with E-state index in [1.165, 1.54) is 4.17 Å². The van der Waals surface area contributed by atoms with Crippen LogP contribution in [0.4, 0.5) is 0 Å². The van der Waals surface area contributed by atoms with Gasteiger partial charge in [0.05, 0.1) is 0 Å². The van der Waals surface area contributed by atoms with Crippen molar-refractivity contribution >= 4 is 58.3 Å². The molecule has 0 N–H and O–H groups in total. The molecule has 0 nitrogen and oxygen atoms in total. The van der Waals surface area contributed by atoms with Crippen LogP contribution in [0.3, 0.4) is 0 Å². The summed E-state index contributed by atoms with van der Waals surface area (Å²) in [5.74, 6) is 0. The Morgan fingerprint density at radius 2 is 1.80 bits per heavy atom. The zero-order valence-electron chi connectivity index (χ0n) is 2.42. The van der Waals surface area contributed by atoms with Crippen molar-refractivity contribution in [2.75, 3.05) is 4.17 Å². The van der Waals surface area contributed by atoms with Gasteiger partial charge in [-0.2, -0.15) is 0 Å².